The molecule has 2 aromatic rings. The maximum Gasteiger partial charge on any atom is 0.164 e. The molecule has 2 heteroatoms. The quantitative estimate of drug-likeness (QED) is 0.776. The van der Waals surface area contributed by atoms with Crippen molar-refractivity contribution in [2.45, 2.75) is 6.92 Å². The van der Waals surface area contributed by atoms with E-state index in [1.807, 2.05) is 36.4 Å². The molecular formula is C14H12O2. The van der Waals surface area contributed by atoms with Crippen LogP contribution in [0.1, 0.15) is 17.3 Å². The van der Waals surface area contributed by atoms with Crippen molar-refractivity contribution in [2.75, 3.05) is 0 Å². The predicted molar refractivity (Wildman–Crippen MR) is 63.5 cm³/mol. The minimum Gasteiger partial charge on any atom is -0.507 e. The van der Waals surface area contributed by atoms with E-state index >= 15 is 0 Å². The van der Waals surface area contributed by atoms with E-state index in [1.165, 1.54) is 13.0 Å². The van der Waals surface area contributed by atoms with Crippen LogP contribution in [0.4, 0.5) is 0 Å². The molecule has 0 aliphatic carbocycles. The molecule has 0 radical (unpaired) electrons. The lowest BCUT2D eigenvalue weighted by molar-refractivity contribution is 0.101. The maximum absolute atomic E-state index is 11.5. The molecule has 0 unspecified atom stereocenters. The minimum absolute atomic E-state index is 0.0360. The van der Waals surface area contributed by atoms with Crippen molar-refractivity contribution in [2.24, 2.45) is 0 Å². The van der Waals surface area contributed by atoms with Crippen molar-refractivity contribution in [3.8, 4) is 16.9 Å². The van der Waals surface area contributed by atoms with Crippen LogP contribution in [0.3, 0.4) is 0 Å². The van der Waals surface area contributed by atoms with Gasteiger partial charge in [0.25, 0.3) is 0 Å². The van der Waals surface area contributed by atoms with Gasteiger partial charge in [0.1, 0.15) is 5.75 Å². The van der Waals surface area contributed by atoms with Gasteiger partial charge in [-0.1, -0.05) is 42.5 Å². The fourth-order valence-electron chi connectivity index (χ4n) is 1.77. The minimum atomic E-state index is -0.128. The van der Waals surface area contributed by atoms with E-state index < -0.39 is 0 Å². The van der Waals surface area contributed by atoms with Gasteiger partial charge in [-0.3, -0.25) is 4.79 Å². The second-order valence-electron chi connectivity index (χ2n) is 3.62. The molecule has 16 heavy (non-hydrogen) atoms. The molecule has 2 nitrogen and oxygen atoms in total. The average Bonchev–Trinajstić information content (AvgIpc) is 2.29. The third kappa shape index (κ3) is 1.82. The van der Waals surface area contributed by atoms with Crippen LogP contribution in [0.15, 0.2) is 48.5 Å². The Morgan fingerprint density at radius 2 is 1.69 bits per heavy atom. The van der Waals surface area contributed by atoms with Crippen molar-refractivity contribution in [3.63, 3.8) is 0 Å². The standard InChI is InChI=1S/C14H12O2/c1-10(15)14-12(8-5-9-13(14)16)11-6-3-2-4-7-11/h2-9,16H,1H3. The summed E-state index contributed by atoms with van der Waals surface area (Å²) in [6.45, 7) is 1.46. The van der Waals surface area contributed by atoms with Crippen LogP contribution in [0.5, 0.6) is 5.75 Å². The first-order valence-corrected chi connectivity index (χ1v) is 5.08. The van der Waals surface area contributed by atoms with Crippen LogP contribution < -0.4 is 0 Å². The Bertz CT molecular complexity index is 516. The van der Waals surface area contributed by atoms with Crippen molar-refractivity contribution in [3.05, 3.63) is 54.1 Å². The molecule has 0 saturated heterocycles. The van der Waals surface area contributed by atoms with Gasteiger partial charge in [-0.25, -0.2) is 0 Å². The summed E-state index contributed by atoms with van der Waals surface area (Å²) >= 11 is 0. The van der Waals surface area contributed by atoms with Gasteiger partial charge in [0.2, 0.25) is 0 Å². The van der Waals surface area contributed by atoms with Crippen LogP contribution in [-0.2, 0) is 0 Å². The average molecular weight is 212 g/mol. The Balaban J connectivity index is 2.66. The number of hydrogen-bond acceptors (Lipinski definition) is 2. The Morgan fingerprint density at radius 3 is 2.31 bits per heavy atom. The molecule has 80 valence electrons. The summed E-state index contributed by atoms with van der Waals surface area (Å²) in [4.78, 5) is 11.5. The number of rotatable bonds is 2. The van der Waals surface area contributed by atoms with E-state index in [0.29, 0.717) is 5.56 Å². The van der Waals surface area contributed by atoms with Gasteiger partial charge >= 0.3 is 0 Å². The van der Waals surface area contributed by atoms with E-state index in [9.17, 15) is 9.90 Å². The van der Waals surface area contributed by atoms with E-state index in [-0.39, 0.29) is 11.5 Å². The van der Waals surface area contributed by atoms with Crippen LogP contribution in [0.2, 0.25) is 0 Å². The molecular weight excluding hydrogens is 200 g/mol. The number of carbonyl (C=O) groups is 1. The molecule has 2 rings (SSSR count). The zero-order valence-corrected chi connectivity index (χ0v) is 8.97. The van der Waals surface area contributed by atoms with Crippen LogP contribution in [-0.4, -0.2) is 10.9 Å². The summed E-state index contributed by atoms with van der Waals surface area (Å²) in [6, 6.07) is 14.7. The van der Waals surface area contributed by atoms with Gasteiger partial charge in [0, 0.05) is 0 Å². The Kier molecular flexibility index (Phi) is 2.73. The van der Waals surface area contributed by atoms with Gasteiger partial charge in [0.15, 0.2) is 5.78 Å². The fraction of sp³-hybridized carbons (Fsp3) is 0.0714. The van der Waals surface area contributed by atoms with Crippen LogP contribution in [0.25, 0.3) is 11.1 Å². The molecule has 0 aromatic heterocycles. The highest BCUT2D eigenvalue weighted by atomic mass is 16.3. The Labute approximate surface area is 94.2 Å². The number of ketones is 1. The van der Waals surface area contributed by atoms with Crippen molar-refractivity contribution in [1.29, 1.82) is 0 Å². The molecule has 0 aliphatic rings. The maximum atomic E-state index is 11.5. The number of benzene rings is 2. The molecule has 0 fully saturated rings. The summed E-state index contributed by atoms with van der Waals surface area (Å²) in [6.07, 6.45) is 0. The van der Waals surface area contributed by atoms with Crippen molar-refractivity contribution < 1.29 is 9.90 Å². The second-order valence-corrected chi connectivity index (χ2v) is 3.62. The zero-order valence-electron chi connectivity index (χ0n) is 8.97. The highest BCUT2D eigenvalue weighted by Crippen LogP contribution is 2.30. The normalized spacial score (nSPS) is 10.1. The summed E-state index contributed by atoms with van der Waals surface area (Å²) in [5.41, 5.74) is 2.09. The second kappa shape index (κ2) is 4.19. The van der Waals surface area contributed by atoms with Gasteiger partial charge < -0.3 is 5.11 Å². The first-order valence-electron chi connectivity index (χ1n) is 5.08. The molecule has 0 heterocycles. The lowest BCUT2D eigenvalue weighted by Crippen LogP contribution is -1.96. The predicted octanol–water partition coefficient (Wildman–Crippen LogP) is 3.26. The molecule has 0 atom stereocenters. The number of aromatic hydroxyl groups is 1. The van der Waals surface area contributed by atoms with Crippen LogP contribution in [0, 0.1) is 0 Å². The topological polar surface area (TPSA) is 37.3 Å². The summed E-state index contributed by atoms with van der Waals surface area (Å²) < 4.78 is 0. The third-order valence-corrected chi connectivity index (χ3v) is 2.48. The summed E-state index contributed by atoms with van der Waals surface area (Å²) in [5.74, 6) is -0.0918. The number of hydrogen-bond donors (Lipinski definition) is 1. The molecule has 2 aromatic carbocycles. The first kappa shape index (κ1) is 10.4. The molecule has 1 N–H and O–H groups in total. The number of phenolic OH excluding ortho intramolecular Hbond substituents is 1. The molecule has 0 saturated carbocycles. The van der Waals surface area contributed by atoms with Gasteiger partial charge in [-0.15, -0.1) is 0 Å². The lowest BCUT2D eigenvalue weighted by atomic mass is 9.97. The smallest absolute Gasteiger partial charge is 0.164 e. The largest absolute Gasteiger partial charge is 0.507 e. The highest BCUT2D eigenvalue weighted by Gasteiger charge is 2.12. The third-order valence-electron chi connectivity index (χ3n) is 2.48. The molecule has 0 amide bonds. The lowest BCUT2D eigenvalue weighted by Gasteiger charge is -2.08. The monoisotopic (exact) mass is 212 g/mol. The van der Waals surface area contributed by atoms with Crippen LogP contribution >= 0.6 is 0 Å². The van der Waals surface area contributed by atoms with Crippen molar-refractivity contribution >= 4 is 5.78 Å². The SMILES string of the molecule is CC(=O)c1c(O)cccc1-c1ccccc1. The molecule has 0 aliphatic heterocycles. The molecule has 0 bridgehead atoms. The Morgan fingerprint density at radius 1 is 1.00 bits per heavy atom. The van der Waals surface area contributed by atoms with Gasteiger partial charge in [0.05, 0.1) is 5.56 Å². The van der Waals surface area contributed by atoms with E-state index in [2.05, 4.69) is 0 Å². The zero-order chi connectivity index (χ0) is 11.5. The fourth-order valence-corrected chi connectivity index (χ4v) is 1.77. The number of carbonyl (C=O) groups excluding carboxylic acids is 1. The van der Waals surface area contributed by atoms with E-state index in [0.717, 1.165) is 11.1 Å². The number of Topliss-reactive ketones (excluding diaryl/α,β-unsaturated/α-hetero) is 1. The van der Waals surface area contributed by atoms with Gasteiger partial charge in [-0.2, -0.15) is 0 Å². The number of phenols is 1. The van der Waals surface area contributed by atoms with Crippen molar-refractivity contribution in [1.82, 2.24) is 0 Å². The summed E-state index contributed by atoms with van der Waals surface area (Å²) in [5, 5.41) is 9.70. The highest BCUT2D eigenvalue weighted by molar-refractivity contribution is 6.03. The van der Waals surface area contributed by atoms with Gasteiger partial charge in [-0.05, 0) is 24.1 Å². The molecule has 0 spiro atoms. The van der Waals surface area contributed by atoms with E-state index in [1.54, 1.807) is 6.07 Å². The first-order chi connectivity index (χ1) is 7.70. The van der Waals surface area contributed by atoms with E-state index in [4.69, 9.17) is 0 Å². The Hall–Kier alpha value is -2.09. The summed E-state index contributed by atoms with van der Waals surface area (Å²) in [7, 11) is 0.